The van der Waals surface area contributed by atoms with Crippen LogP contribution < -0.4 is 5.32 Å². The van der Waals surface area contributed by atoms with Crippen molar-refractivity contribution in [2.24, 2.45) is 0 Å². The van der Waals surface area contributed by atoms with Gasteiger partial charge in [-0.3, -0.25) is 5.32 Å². The van der Waals surface area contributed by atoms with E-state index in [9.17, 15) is 8.78 Å². The molecule has 80 valence electrons. The Morgan fingerprint density at radius 3 is 2.73 bits per heavy atom. The lowest BCUT2D eigenvalue weighted by Gasteiger charge is -2.11. The van der Waals surface area contributed by atoms with E-state index >= 15 is 0 Å². The minimum atomic E-state index is -0.717. The number of hydrogen-bond acceptors (Lipinski definition) is 2. The lowest BCUT2D eigenvalue weighted by Crippen LogP contribution is -2.21. The number of rotatable bonds is 4. The van der Waals surface area contributed by atoms with E-state index in [0.29, 0.717) is 6.54 Å². The van der Waals surface area contributed by atoms with Crippen molar-refractivity contribution in [3.8, 4) is 6.07 Å². The van der Waals surface area contributed by atoms with Gasteiger partial charge in [0, 0.05) is 11.6 Å². The minimum absolute atomic E-state index is 0.187. The molecule has 0 aliphatic heterocycles. The number of halogens is 2. The molecule has 1 N–H and O–H groups in total. The fourth-order valence-corrected chi connectivity index (χ4v) is 1.25. The third-order valence-electron chi connectivity index (χ3n) is 2.00. The molecule has 0 aliphatic rings. The molecular formula is C11H12F2N2. The molecule has 0 bridgehead atoms. The van der Waals surface area contributed by atoms with Crippen LogP contribution in [-0.2, 0) is 0 Å². The van der Waals surface area contributed by atoms with Gasteiger partial charge in [0.05, 0.1) is 6.07 Å². The van der Waals surface area contributed by atoms with Crippen LogP contribution >= 0.6 is 0 Å². The zero-order valence-corrected chi connectivity index (χ0v) is 8.43. The van der Waals surface area contributed by atoms with Gasteiger partial charge < -0.3 is 0 Å². The highest BCUT2D eigenvalue weighted by Crippen LogP contribution is 2.17. The van der Waals surface area contributed by atoms with Crippen LogP contribution in [-0.4, -0.2) is 6.54 Å². The Bertz CT molecular complexity index is 371. The second-order valence-corrected chi connectivity index (χ2v) is 3.18. The molecular weight excluding hydrogens is 198 g/mol. The highest BCUT2D eigenvalue weighted by atomic mass is 19.1. The van der Waals surface area contributed by atoms with E-state index in [1.165, 1.54) is 6.07 Å². The number of hydrogen-bond donors (Lipinski definition) is 1. The van der Waals surface area contributed by atoms with Crippen molar-refractivity contribution in [2.45, 2.75) is 19.4 Å². The van der Waals surface area contributed by atoms with Gasteiger partial charge in [0.1, 0.15) is 17.7 Å². The maximum atomic E-state index is 13.3. The first-order valence-corrected chi connectivity index (χ1v) is 4.77. The second kappa shape index (κ2) is 5.42. The average molecular weight is 210 g/mol. The average Bonchev–Trinajstić information content (AvgIpc) is 2.21. The van der Waals surface area contributed by atoms with E-state index < -0.39 is 17.7 Å². The van der Waals surface area contributed by atoms with Crippen LogP contribution in [0.5, 0.6) is 0 Å². The van der Waals surface area contributed by atoms with Gasteiger partial charge >= 0.3 is 0 Å². The highest BCUT2D eigenvalue weighted by Gasteiger charge is 2.14. The smallest absolute Gasteiger partial charge is 0.131 e. The molecule has 15 heavy (non-hydrogen) atoms. The first-order valence-electron chi connectivity index (χ1n) is 4.77. The molecule has 1 atom stereocenters. The maximum absolute atomic E-state index is 13.3. The normalized spacial score (nSPS) is 12.1. The molecule has 0 aromatic heterocycles. The maximum Gasteiger partial charge on any atom is 0.131 e. The summed E-state index contributed by atoms with van der Waals surface area (Å²) in [4.78, 5) is 0. The van der Waals surface area contributed by atoms with E-state index in [-0.39, 0.29) is 5.56 Å². The lowest BCUT2D eigenvalue weighted by molar-refractivity contribution is 0.542. The largest absolute Gasteiger partial charge is 0.298 e. The van der Waals surface area contributed by atoms with Gasteiger partial charge in [-0.05, 0) is 19.0 Å². The second-order valence-electron chi connectivity index (χ2n) is 3.18. The topological polar surface area (TPSA) is 35.8 Å². The van der Waals surface area contributed by atoms with E-state index in [4.69, 9.17) is 5.26 Å². The molecule has 0 heterocycles. The van der Waals surface area contributed by atoms with Crippen LogP contribution in [0.15, 0.2) is 18.2 Å². The van der Waals surface area contributed by atoms with E-state index in [2.05, 4.69) is 5.32 Å². The molecule has 0 amide bonds. The summed E-state index contributed by atoms with van der Waals surface area (Å²) < 4.78 is 25.9. The minimum Gasteiger partial charge on any atom is -0.298 e. The third kappa shape index (κ3) is 3.00. The number of nitriles is 1. The fourth-order valence-electron chi connectivity index (χ4n) is 1.25. The number of benzene rings is 1. The van der Waals surface area contributed by atoms with E-state index in [1.807, 2.05) is 13.0 Å². The molecule has 0 saturated heterocycles. The lowest BCUT2D eigenvalue weighted by atomic mass is 10.1. The van der Waals surface area contributed by atoms with Gasteiger partial charge in [-0.1, -0.05) is 13.0 Å². The Balaban J connectivity index is 2.88. The quantitative estimate of drug-likeness (QED) is 0.828. The molecule has 4 heteroatoms. The van der Waals surface area contributed by atoms with Crippen LogP contribution in [0.4, 0.5) is 8.78 Å². The molecule has 1 rings (SSSR count). The molecule has 2 nitrogen and oxygen atoms in total. The van der Waals surface area contributed by atoms with Crippen molar-refractivity contribution in [3.63, 3.8) is 0 Å². The van der Waals surface area contributed by atoms with Gasteiger partial charge in [0.25, 0.3) is 0 Å². The van der Waals surface area contributed by atoms with Crippen molar-refractivity contribution in [1.29, 1.82) is 5.26 Å². The SMILES string of the molecule is CCCN[C@H](C#N)c1ccc(F)cc1F. The van der Waals surface area contributed by atoms with Crippen LogP contribution in [0.2, 0.25) is 0 Å². The number of nitrogens with one attached hydrogen (secondary N) is 1. The molecule has 0 radical (unpaired) electrons. The molecule has 0 spiro atoms. The molecule has 0 unspecified atom stereocenters. The molecule has 0 fully saturated rings. The fraction of sp³-hybridized carbons (Fsp3) is 0.364. The summed E-state index contributed by atoms with van der Waals surface area (Å²) in [6.07, 6.45) is 0.848. The standard InChI is InChI=1S/C11H12F2N2/c1-2-5-15-11(7-14)9-4-3-8(12)6-10(9)13/h3-4,6,11,15H,2,5H2,1H3/t11-/m1/s1. The first kappa shape index (κ1) is 11.6. The summed E-state index contributed by atoms with van der Waals surface area (Å²) in [6.45, 7) is 2.57. The van der Waals surface area contributed by atoms with Crippen LogP contribution in [0.1, 0.15) is 24.9 Å². The molecule has 0 aliphatic carbocycles. The molecule has 0 saturated carbocycles. The molecule has 1 aromatic rings. The van der Waals surface area contributed by atoms with Crippen LogP contribution in [0, 0.1) is 23.0 Å². The predicted octanol–water partition coefficient (Wildman–Crippen LogP) is 2.53. The van der Waals surface area contributed by atoms with Gasteiger partial charge in [-0.25, -0.2) is 8.78 Å². The van der Waals surface area contributed by atoms with Crippen LogP contribution in [0.3, 0.4) is 0 Å². The Morgan fingerprint density at radius 2 is 2.20 bits per heavy atom. The van der Waals surface area contributed by atoms with Crippen molar-refractivity contribution >= 4 is 0 Å². The Labute approximate surface area is 87.5 Å². The highest BCUT2D eigenvalue weighted by molar-refractivity contribution is 5.26. The van der Waals surface area contributed by atoms with Gasteiger partial charge in [-0.2, -0.15) is 5.26 Å². The summed E-state index contributed by atoms with van der Waals surface area (Å²) in [7, 11) is 0. The summed E-state index contributed by atoms with van der Waals surface area (Å²) in [5.74, 6) is -1.33. The summed E-state index contributed by atoms with van der Waals surface area (Å²) in [6, 6.07) is 4.45. The Kier molecular flexibility index (Phi) is 4.19. The van der Waals surface area contributed by atoms with Crippen LogP contribution in [0.25, 0.3) is 0 Å². The van der Waals surface area contributed by atoms with Gasteiger partial charge in [0.15, 0.2) is 0 Å². The van der Waals surface area contributed by atoms with Crippen molar-refractivity contribution in [1.82, 2.24) is 5.32 Å². The first-order chi connectivity index (χ1) is 7.19. The van der Waals surface area contributed by atoms with Gasteiger partial charge in [0.2, 0.25) is 0 Å². The summed E-state index contributed by atoms with van der Waals surface area (Å²) >= 11 is 0. The molecule has 1 aromatic carbocycles. The zero-order chi connectivity index (χ0) is 11.3. The number of nitrogens with zero attached hydrogens (tertiary/aromatic N) is 1. The Morgan fingerprint density at radius 1 is 1.47 bits per heavy atom. The van der Waals surface area contributed by atoms with Gasteiger partial charge in [-0.15, -0.1) is 0 Å². The van der Waals surface area contributed by atoms with E-state index in [1.54, 1.807) is 0 Å². The zero-order valence-electron chi connectivity index (χ0n) is 8.43. The monoisotopic (exact) mass is 210 g/mol. The van der Waals surface area contributed by atoms with Crippen molar-refractivity contribution in [3.05, 3.63) is 35.4 Å². The summed E-state index contributed by atoms with van der Waals surface area (Å²) in [5.41, 5.74) is 0.187. The summed E-state index contributed by atoms with van der Waals surface area (Å²) in [5, 5.41) is 11.7. The Hall–Kier alpha value is -1.47. The third-order valence-corrected chi connectivity index (χ3v) is 2.00. The predicted molar refractivity (Wildman–Crippen MR) is 53.0 cm³/mol. The van der Waals surface area contributed by atoms with E-state index in [0.717, 1.165) is 18.6 Å². The van der Waals surface area contributed by atoms with Crippen molar-refractivity contribution < 1.29 is 8.78 Å². The van der Waals surface area contributed by atoms with Crippen molar-refractivity contribution in [2.75, 3.05) is 6.54 Å².